The lowest BCUT2D eigenvalue weighted by molar-refractivity contribution is -0.114. The maximum absolute atomic E-state index is 12.7. The number of aromatic hydroxyl groups is 1. The number of anilines is 1. The summed E-state index contributed by atoms with van der Waals surface area (Å²) in [6.45, 7) is 3.76. The molecule has 0 aliphatic heterocycles. The zero-order chi connectivity index (χ0) is 60.7. The monoisotopic (exact) mass is 1280 g/mol. The van der Waals surface area contributed by atoms with Gasteiger partial charge in [0.2, 0.25) is 16.9 Å². The summed E-state index contributed by atoms with van der Waals surface area (Å²) >= 11 is 1.86. The molecule has 436 valence electrons. The second kappa shape index (κ2) is 23.5. The third-order valence-corrected chi connectivity index (χ3v) is 18.0. The Balaban J connectivity index is 1.20. The zero-order valence-electron chi connectivity index (χ0n) is 42.8. The van der Waals surface area contributed by atoms with Crippen LogP contribution in [0.15, 0.2) is 111 Å². The molecule has 30 nitrogen and oxygen atoms in total. The standard InChI is InChI=1S/C46H41N11O19S7/c1-22-13-31(52-55-40-23(2)29(21-47)44-49-34-16-26(48-24(3)58)17-39(83(72,73)74)42(34)57(44)45(40)59)36(76-9-5-11-79(60,61)62)18-30(22)51-54-33-19-35(75-4)32(20-37(33)77-10-6-12-80(63,64)65)53-56-46-50-41-38(82(69,70)71)15-25-14-27(81(66,67)68)7-8-28(25)43(41)78-46/h7-8,13-20,59H,5-6,9-12H2,1-4H3,(H,48,58)(H,60,61,62)(H,63,64,65)(H,66,67,68)(H,69,70,71)(H,72,73,74). The zero-order valence-corrected chi connectivity index (χ0v) is 48.6. The van der Waals surface area contributed by atoms with Crippen LogP contribution in [0.3, 0.4) is 0 Å². The molecule has 3 heterocycles. The van der Waals surface area contributed by atoms with Crippen LogP contribution >= 0.6 is 23.1 Å². The minimum Gasteiger partial charge on any atom is -0.494 e. The fourth-order valence-electron chi connectivity index (χ4n) is 8.06. The van der Waals surface area contributed by atoms with E-state index in [0.29, 0.717) is 5.56 Å². The van der Waals surface area contributed by atoms with Crippen molar-refractivity contribution in [1.82, 2.24) is 14.4 Å². The number of aryl methyl sites for hydroxylation is 1. The van der Waals surface area contributed by atoms with Crippen molar-refractivity contribution in [3.63, 3.8) is 0 Å². The molecule has 0 saturated carbocycles. The minimum absolute atomic E-state index is 0.000279. The van der Waals surface area contributed by atoms with E-state index in [1.54, 1.807) is 6.92 Å². The van der Waals surface area contributed by atoms with E-state index in [4.69, 9.17) is 9.47 Å². The molecule has 83 heavy (non-hydrogen) atoms. The van der Waals surface area contributed by atoms with Crippen molar-refractivity contribution in [2.75, 3.05) is 36.3 Å². The van der Waals surface area contributed by atoms with Gasteiger partial charge in [-0.1, -0.05) is 17.4 Å². The fraction of sp³-hybridized carbons (Fsp3) is 0.217. The number of thioether (sulfide) groups is 1. The number of fused-ring (bicyclic) bond motifs is 6. The van der Waals surface area contributed by atoms with Crippen molar-refractivity contribution in [3.8, 4) is 23.4 Å². The van der Waals surface area contributed by atoms with Crippen LogP contribution in [-0.2, 0) is 55.4 Å². The highest BCUT2D eigenvalue weighted by Gasteiger charge is 2.28. The Morgan fingerprint density at radius 3 is 2.02 bits per heavy atom. The number of thiazole rings is 1. The van der Waals surface area contributed by atoms with Gasteiger partial charge in [-0.15, -0.1) is 37.3 Å². The van der Waals surface area contributed by atoms with Gasteiger partial charge in [-0.05, 0) is 85.9 Å². The Morgan fingerprint density at radius 1 is 0.747 bits per heavy atom. The third-order valence-electron chi connectivity index (χ3n) is 11.7. The highest BCUT2D eigenvalue weighted by Crippen LogP contribution is 2.46. The third kappa shape index (κ3) is 14.0. The number of rotatable bonds is 21. The Bertz CT molecular complexity index is 4770. The van der Waals surface area contributed by atoms with Gasteiger partial charge < -0.3 is 19.9 Å². The first-order valence-corrected chi connectivity index (χ1v) is 32.6. The molecule has 5 aromatic carbocycles. The van der Waals surface area contributed by atoms with Crippen LogP contribution in [0.5, 0.6) is 17.4 Å². The summed E-state index contributed by atoms with van der Waals surface area (Å²) in [7, 11) is -22.3. The van der Waals surface area contributed by atoms with Crippen LogP contribution in [0, 0.1) is 25.2 Å². The van der Waals surface area contributed by atoms with Gasteiger partial charge in [-0.25, -0.2) is 9.97 Å². The number of azo groups is 3. The molecule has 0 aliphatic carbocycles. The van der Waals surface area contributed by atoms with Crippen LogP contribution in [-0.4, -0.2) is 121 Å². The molecule has 8 rings (SSSR count). The maximum Gasteiger partial charge on any atom is 0.296 e. The molecule has 0 saturated heterocycles. The van der Waals surface area contributed by atoms with Gasteiger partial charge in [0.15, 0.2) is 11.3 Å². The first-order valence-electron chi connectivity index (χ1n) is 23.2. The van der Waals surface area contributed by atoms with Crippen molar-refractivity contribution >= 4 is 157 Å². The summed E-state index contributed by atoms with van der Waals surface area (Å²) in [5, 5.41) is 50.4. The Kier molecular flexibility index (Phi) is 17.4. The molecule has 0 bridgehead atoms. The van der Waals surface area contributed by atoms with E-state index in [-0.39, 0.29) is 118 Å². The number of carbonyl (C=O) groups is 1. The minimum atomic E-state index is -5.10. The topological polar surface area (TPSA) is 468 Å². The molecule has 0 spiro atoms. The molecular formula is C46H41N11O19S7. The van der Waals surface area contributed by atoms with Gasteiger partial charge >= 0.3 is 0 Å². The summed E-state index contributed by atoms with van der Waals surface area (Å²) in [6, 6.07) is 14.0. The molecule has 37 heteroatoms. The number of hydrogen-bond donors (Lipinski definition) is 7. The number of aromatic nitrogens is 3. The maximum atomic E-state index is 12.7. The number of ether oxygens (including phenoxy) is 2. The van der Waals surface area contributed by atoms with E-state index in [2.05, 4.69) is 46.0 Å². The SMILES string of the molecule is COc1cc(N=Nc2cc(OCCCS(=O)(=O)O)c(N=Nc3c(C)c(C#N)c4nc5cc(NC(C)=O)cc(S(=O)(=O)O)c5n4c3O)cc2C)c(SCCCS(=O)(=O)O)cc1N=Nc1nc2c(S(=O)(=O)O)cc3cc(S(=O)(=O)O)ccc3c2s1. The van der Waals surface area contributed by atoms with Crippen molar-refractivity contribution in [2.45, 2.75) is 53.2 Å². The van der Waals surface area contributed by atoms with Gasteiger partial charge in [0.1, 0.15) is 55.5 Å². The molecule has 3 aromatic heterocycles. The predicted octanol–water partition coefficient (Wildman–Crippen LogP) is 9.42. The average molecular weight is 1280 g/mol. The lowest BCUT2D eigenvalue weighted by Gasteiger charge is -2.12. The molecule has 0 fully saturated rings. The molecular weight excluding hydrogens is 1240 g/mol. The highest BCUT2D eigenvalue weighted by molar-refractivity contribution is 7.99. The number of amides is 1. The summed E-state index contributed by atoms with van der Waals surface area (Å²) in [5.41, 5.74) is -1.31. The van der Waals surface area contributed by atoms with Gasteiger partial charge in [-0.3, -0.25) is 32.0 Å². The van der Waals surface area contributed by atoms with E-state index < -0.39 is 99.8 Å². The lowest BCUT2D eigenvalue weighted by atomic mass is 10.1. The van der Waals surface area contributed by atoms with E-state index >= 15 is 0 Å². The molecule has 0 atom stereocenters. The highest BCUT2D eigenvalue weighted by atomic mass is 32.2. The van der Waals surface area contributed by atoms with Crippen molar-refractivity contribution in [3.05, 3.63) is 77.4 Å². The van der Waals surface area contributed by atoms with Crippen LogP contribution in [0.25, 0.3) is 37.7 Å². The van der Waals surface area contributed by atoms with Crippen LogP contribution < -0.4 is 14.8 Å². The van der Waals surface area contributed by atoms with Crippen molar-refractivity contribution in [2.24, 2.45) is 30.7 Å². The summed E-state index contributed by atoms with van der Waals surface area (Å²) in [5.74, 6) is -2.74. The number of methoxy groups -OCH3 is 1. The second-order valence-electron chi connectivity index (χ2n) is 17.6. The number of nitrogens with one attached hydrogen (secondary N) is 1. The smallest absolute Gasteiger partial charge is 0.296 e. The Morgan fingerprint density at radius 2 is 1.39 bits per heavy atom. The van der Waals surface area contributed by atoms with E-state index in [9.17, 15) is 80.0 Å². The van der Waals surface area contributed by atoms with E-state index in [1.165, 1.54) is 50.4 Å². The van der Waals surface area contributed by atoms with Crippen molar-refractivity contribution < 1.29 is 84.2 Å². The first-order chi connectivity index (χ1) is 38.7. The van der Waals surface area contributed by atoms with Crippen LogP contribution in [0.1, 0.15) is 36.5 Å². The Hall–Kier alpha value is -7.74. The first kappa shape index (κ1) is 61.3. The summed E-state index contributed by atoms with van der Waals surface area (Å²) in [6.07, 6.45) is -0.286. The molecule has 1 amide bonds. The van der Waals surface area contributed by atoms with E-state index in [1.807, 2.05) is 6.07 Å². The van der Waals surface area contributed by atoms with Crippen LogP contribution in [0.2, 0.25) is 0 Å². The molecule has 8 aromatic rings. The normalized spacial score (nSPS) is 12.9. The largest absolute Gasteiger partial charge is 0.494 e. The number of nitriles is 1. The summed E-state index contributed by atoms with van der Waals surface area (Å²) in [4.78, 5) is 18.7. The molecule has 0 unspecified atom stereocenters. The van der Waals surface area contributed by atoms with Gasteiger partial charge in [0, 0.05) is 40.6 Å². The average Bonchev–Trinajstić information content (AvgIpc) is 2.24. The van der Waals surface area contributed by atoms with Crippen LogP contribution in [0.4, 0.5) is 39.3 Å². The number of carbonyl (C=O) groups excluding carboxylic acids is 1. The van der Waals surface area contributed by atoms with Gasteiger partial charge in [0.25, 0.3) is 50.6 Å². The van der Waals surface area contributed by atoms with E-state index in [0.717, 1.165) is 58.7 Å². The summed E-state index contributed by atoms with van der Waals surface area (Å²) < 4.78 is 182. The molecule has 0 aliphatic rings. The number of pyridine rings is 1. The van der Waals surface area contributed by atoms with Crippen molar-refractivity contribution in [1.29, 1.82) is 5.26 Å². The number of benzene rings is 5. The lowest BCUT2D eigenvalue weighted by Crippen LogP contribution is -2.08. The predicted molar refractivity (Wildman–Crippen MR) is 300 cm³/mol. The van der Waals surface area contributed by atoms with Gasteiger partial charge in [-0.2, -0.15) is 52.5 Å². The fourth-order valence-corrected chi connectivity index (χ4v) is 13.1. The molecule has 7 N–H and O–H groups in total. The number of hydrogen-bond acceptors (Lipinski definition) is 25. The molecule has 0 radical (unpaired) electrons. The quantitative estimate of drug-likeness (QED) is 0.0152. The number of nitrogens with zero attached hydrogens (tertiary/aromatic N) is 10. The Labute approximate surface area is 478 Å². The van der Waals surface area contributed by atoms with Gasteiger partial charge in [0.05, 0.1) is 51.5 Å². The number of imidazole rings is 1. The second-order valence-corrected chi connectivity index (χ2v) is 27.1.